The van der Waals surface area contributed by atoms with Gasteiger partial charge in [0, 0.05) is 6.54 Å². The van der Waals surface area contributed by atoms with Crippen molar-refractivity contribution >= 4 is 29.8 Å². The van der Waals surface area contributed by atoms with Crippen LogP contribution in [0.15, 0.2) is 0 Å². The van der Waals surface area contributed by atoms with Gasteiger partial charge in [-0.2, -0.15) is 15.0 Å². The minimum atomic E-state index is -1.08. The number of carboxylic acids is 2. The van der Waals surface area contributed by atoms with E-state index in [1.165, 1.54) is 0 Å². The van der Waals surface area contributed by atoms with Crippen molar-refractivity contribution in [1.82, 2.24) is 15.0 Å². The van der Waals surface area contributed by atoms with Crippen LogP contribution in [0.1, 0.15) is 6.42 Å². The van der Waals surface area contributed by atoms with Gasteiger partial charge in [-0.05, 0) is 13.0 Å². The lowest BCUT2D eigenvalue weighted by Crippen LogP contribution is -2.19. The topological polar surface area (TPSA) is 175 Å². The van der Waals surface area contributed by atoms with E-state index in [9.17, 15) is 9.59 Å². The Morgan fingerprint density at radius 2 is 1.33 bits per heavy atom. The van der Waals surface area contributed by atoms with Crippen LogP contribution in [-0.4, -0.2) is 63.3 Å². The van der Waals surface area contributed by atoms with Crippen LogP contribution >= 0.6 is 0 Å². The van der Waals surface area contributed by atoms with Crippen LogP contribution in [-0.2, 0) is 9.59 Å². The number of hydrogen-bond acceptors (Lipinski definition) is 9. The lowest BCUT2D eigenvalue weighted by molar-refractivity contribution is -0.135. The standard InChI is InChI=1S/C10H17N7O4/c11-2-1-3-12-8-15-9(13-4-6(18)19)17-10(16-8)14-5-7(20)21/h1-5,11H2,(H,18,19)(H,20,21)(H3,12,13,14,15,16,17). The molecular formula is C10H17N7O4. The first-order valence-electron chi connectivity index (χ1n) is 6.12. The molecule has 11 nitrogen and oxygen atoms in total. The van der Waals surface area contributed by atoms with Gasteiger partial charge in [0.15, 0.2) is 0 Å². The van der Waals surface area contributed by atoms with Crippen LogP contribution in [0.2, 0.25) is 0 Å². The molecule has 0 aliphatic carbocycles. The summed E-state index contributed by atoms with van der Waals surface area (Å²) in [6, 6.07) is 0. The number of rotatable bonds is 10. The molecule has 0 aliphatic rings. The number of nitrogens with two attached hydrogens (primary N) is 1. The minimum Gasteiger partial charge on any atom is -0.480 e. The summed E-state index contributed by atoms with van der Waals surface area (Å²) < 4.78 is 0. The van der Waals surface area contributed by atoms with Crippen molar-refractivity contribution in [1.29, 1.82) is 0 Å². The largest absolute Gasteiger partial charge is 0.480 e. The number of anilines is 3. The molecule has 0 saturated heterocycles. The number of aliphatic carboxylic acids is 2. The van der Waals surface area contributed by atoms with E-state index in [2.05, 4.69) is 30.9 Å². The van der Waals surface area contributed by atoms with Crippen molar-refractivity contribution in [2.75, 3.05) is 42.1 Å². The molecule has 0 radical (unpaired) electrons. The van der Waals surface area contributed by atoms with Crippen molar-refractivity contribution < 1.29 is 19.8 Å². The quantitative estimate of drug-likeness (QED) is 0.281. The minimum absolute atomic E-state index is 0.0236. The maximum Gasteiger partial charge on any atom is 0.322 e. The molecule has 0 aromatic carbocycles. The highest BCUT2D eigenvalue weighted by Gasteiger charge is 2.08. The molecule has 0 spiro atoms. The average Bonchev–Trinajstić information content (AvgIpc) is 2.43. The molecular weight excluding hydrogens is 282 g/mol. The number of aromatic nitrogens is 3. The van der Waals surface area contributed by atoms with Crippen molar-refractivity contribution in [3.8, 4) is 0 Å². The Bertz CT molecular complexity index is 460. The third-order valence-corrected chi connectivity index (χ3v) is 2.09. The zero-order valence-electron chi connectivity index (χ0n) is 11.2. The summed E-state index contributed by atoms with van der Waals surface area (Å²) in [6.07, 6.45) is 0.696. The third kappa shape index (κ3) is 6.87. The Labute approximate surface area is 120 Å². The summed E-state index contributed by atoms with van der Waals surface area (Å²) in [4.78, 5) is 32.8. The van der Waals surface area contributed by atoms with Gasteiger partial charge in [-0.3, -0.25) is 9.59 Å². The fourth-order valence-corrected chi connectivity index (χ4v) is 1.22. The predicted molar refractivity (Wildman–Crippen MR) is 74.2 cm³/mol. The highest BCUT2D eigenvalue weighted by Crippen LogP contribution is 2.09. The van der Waals surface area contributed by atoms with Crippen LogP contribution in [0.25, 0.3) is 0 Å². The normalized spacial score (nSPS) is 9.95. The lowest BCUT2D eigenvalue weighted by Gasteiger charge is -2.09. The average molecular weight is 299 g/mol. The second-order valence-corrected chi connectivity index (χ2v) is 3.87. The Morgan fingerprint density at radius 3 is 1.71 bits per heavy atom. The number of carboxylic acid groups (broad SMARTS) is 2. The molecule has 0 atom stereocenters. The van der Waals surface area contributed by atoms with E-state index in [0.29, 0.717) is 19.5 Å². The summed E-state index contributed by atoms with van der Waals surface area (Å²) in [7, 11) is 0. The van der Waals surface area contributed by atoms with Gasteiger partial charge >= 0.3 is 11.9 Å². The molecule has 1 aromatic rings. The number of nitrogens with one attached hydrogen (secondary N) is 3. The van der Waals surface area contributed by atoms with E-state index >= 15 is 0 Å². The molecule has 0 saturated carbocycles. The molecule has 1 heterocycles. The van der Waals surface area contributed by atoms with E-state index in [4.69, 9.17) is 15.9 Å². The Balaban J connectivity index is 2.79. The fourth-order valence-electron chi connectivity index (χ4n) is 1.22. The van der Waals surface area contributed by atoms with Crippen molar-refractivity contribution in [2.24, 2.45) is 5.73 Å². The summed E-state index contributed by atoms with van der Waals surface area (Å²) >= 11 is 0. The fraction of sp³-hybridized carbons (Fsp3) is 0.500. The van der Waals surface area contributed by atoms with Crippen molar-refractivity contribution in [3.63, 3.8) is 0 Å². The first-order valence-corrected chi connectivity index (χ1v) is 6.12. The SMILES string of the molecule is NCCCNc1nc(NCC(=O)O)nc(NCC(=O)O)n1. The molecule has 0 fully saturated rings. The summed E-state index contributed by atoms with van der Waals surface area (Å²) in [6.45, 7) is 0.277. The van der Waals surface area contributed by atoms with E-state index in [1.54, 1.807) is 0 Å². The molecule has 0 amide bonds. The zero-order valence-corrected chi connectivity index (χ0v) is 11.2. The summed E-state index contributed by atoms with van der Waals surface area (Å²) in [5.41, 5.74) is 5.37. The van der Waals surface area contributed by atoms with E-state index < -0.39 is 11.9 Å². The second-order valence-electron chi connectivity index (χ2n) is 3.87. The first-order chi connectivity index (χ1) is 10.0. The van der Waals surface area contributed by atoms with Gasteiger partial charge in [0.25, 0.3) is 0 Å². The Morgan fingerprint density at radius 1 is 0.905 bits per heavy atom. The molecule has 1 aromatic heterocycles. The highest BCUT2D eigenvalue weighted by molar-refractivity contribution is 5.73. The predicted octanol–water partition coefficient (Wildman–Crippen LogP) is -1.37. The first kappa shape index (κ1) is 16.4. The van der Waals surface area contributed by atoms with Crippen LogP contribution in [0.4, 0.5) is 17.8 Å². The van der Waals surface area contributed by atoms with E-state index in [1.807, 2.05) is 0 Å². The Hall–Kier alpha value is -2.69. The Kier molecular flexibility index (Phi) is 6.60. The van der Waals surface area contributed by atoms with Gasteiger partial charge in [0.1, 0.15) is 13.1 Å². The van der Waals surface area contributed by atoms with Crippen molar-refractivity contribution in [3.05, 3.63) is 0 Å². The molecule has 11 heteroatoms. The van der Waals surface area contributed by atoms with Gasteiger partial charge in [0.05, 0.1) is 0 Å². The van der Waals surface area contributed by atoms with Crippen LogP contribution < -0.4 is 21.7 Å². The van der Waals surface area contributed by atoms with Crippen LogP contribution in [0.3, 0.4) is 0 Å². The highest BCUT2D eigenvalue weighted by atomic mass is 16.4. The molecule has 21 heavy (non-hydrogen) atoms. The number of carbonyl (C=O) groups is 2. The smallest absolute Gasteiger partial charge is 0.322 e. The van der Waals surface area contributed by atoms with Crippen LogP contribution in [0.5, 0.6) is 0 Å². The molecule has 1 rings (SSSR count). The molecule has 0 unspecified atom stereocenters. The molecule has 0 bridgehead atoms. The third-order valence-electron chi connectivity index (χ3n) is 2.09. The van der Waals surface area contributed by atoms with Gasteiger partial charge in [-0.15, -0.1) is 0 Å². The van der Waals surface area contributed by atoms with E-state index in [-0.39, 0.29) is 30.9 Å². The van der Waals surface area contributed by atoms with E-state index in [0.717, 1.165) is 0 Å². The summed E-state index contributed by atoms with van der Waals surface area (Å²) in [5, 5.41) is 25.1. The number of nitrogens with zero attached hydrogens (tertiary/aromatic N) is 3. The van der Waals surface area contributed by atoms with Gasteiger partial charge in [-0.1, -0.05) is 0 Å². The van der Waals surface area contributed by atoms with Crippen molar-refractivity contribution in [2.45, 2.75) is 6.42 Å². The van der Waals surface area contributed by atoms with Gasteiger partial charge < -0.3 is 31.9 Å². The lowest BCUT2D eigenvalue weighted by atomic mass is 10.4. The number of hydrogen-bond donors (Lipinski definition) is 6. The van der Waals surface area contributed by atoms with Gasteiger partial charge in [-0.25, -0.2) is 0 Å². The zero-order chi connectivity index (χ0) is 15.7. The maximum atomic E-state index is 10.5. The van der Waals surface area contributed by atoms with Gasteiger partial charge in [0.2, 0.25) is 17.8 Å². The summed E-state index contributed by atoms with van der Waals surface area (Å²) in [5.74, 6) is -1.91. The molecule has 0 aliphatic heterocycles. The van der Waals surface area contributed by atoms with Crippen LogP contribution in [0, 0.1) is 0 Å². The maximum absolute atomic E-state index is 10.5. The molecule has 116 valence electrons. The molecule has 7 N–H and O–H groups in total. The monoisotopic (exact) mass is 299 g/mol. The second kappa shape index (κ2) is 8.47.